The molecule has 0 saturated carbocycles. The molecule has 0 N–H and O–H groups in total. The van der Waals surface area contributed by atoms with E-state index in [0.29, 0.717) is 5.92 Å². The summed E-state index contributed by atoms with van der Waals surface area (Å²) in [5, 5.41) is 0.886. The summed E-state index contributed by atoms with van der Waals surface area (Å²) in [4.78, 5) is 0. The van der Waals surface area contributed by atoms with E-state index in [-0.39, 0.29) is 0 Å². The van der Waals surface area contributed by atoms with Crippen molar-refractivity contribution in [1.29, 1.82) is 0 Å². The van der Waals surface area contributed by atoms with E-state index in [4.69, 9.17) is 11.6 Å². The van der Waals surface area contributed by atoms with E-state index in [9.17, 15) is 0 Å². The second kappa shape index (κ2) is 7.76. The van der Waals surface area contributed by atoms with Crippen molar-refractivity contribution >= 4 is 11.6 Å². The third kappa shape index (κ3) is 5.12. The van der Waals surface area contributed by atoms with Gasteiger partial charge >= 0.3 is 0 Å². The highest BCUT2D eigenvalue weighted by atomic mass is 35.5. The normalized spacial score (nSPS) is 12.7. The largest absolute Gasteiger partial charge is 0.0843 e. The van der Waals surface area contributed by atoms with E-state index >= 15 is 0 Å². The minimum absolute atomic E-state index is 0.698. The number of rotatable bonds is 7. The first-order valence-corrected chi connectivity index (χ1v) is 7.32. The molecule has 0 bridgehead atoms. The Morgan fingerprint density at radius 3 is 2.35 bits per heavy atom. The third-order valence-electron chi connectivity index (χ3n) is 3.33. The molecular weight excluding hydrogens is 228 g/mol. The molecule has 0 aliphatic rings. The first-order chi connectivity index (χ1) is 8.17. The quantitative estimate of drug-likeness (QED) is 0.514. The van der Waals surface area contributed by atoms with Crippen molar-refractivity contribution in [3.05, 3.63) is 34.3 Å². The van der Waals surface area contributed by atoms with Crippen molar-refractivity contribution in [2.24, 2.45) is 0 Å². The first-order valence-electron chi connectivity index (χ1n) is 6.94. The van der Waals surface area contributed by atoms with E-state index in [1.807, 2.05) is 6.07 Å². The molecule has 0 aliphatic carbocycles. The standard InChI is InChI=1S/C16H25Cl/c1-4-6-7-9-14(8-5-2)15-10-13(3)11-16(17)12-15/h10-12,14H,4-9H2,1-3H3. The number of benzene rings is 1. The predicted octanol–water partition coefficient (Wildman–Crippen LogP) is 6.11. The first kappa shape index (κ1) is 14.6. The maximum Gasteiger partial charge on any atom is 0.0411 e. The van der Waals surface area contributed by atoms with Crippen LogP contribution < -0.4 is 0 Å². The maximum absolute atomic E-state index is 6.16. The van der Waals surface area contributed by atoms with Crippen LogP contribution in [0.1, 0.15) is 69.4 Å². The lowest BCUT2D eigenvalue weighted by Crippen LogP contribution is -1.99. The van der Waals surface area contributed by atoms with Gasteiger partial charge in [-0.1, -0.05) is 57.2 Å². The van der Waals surface area contributed by atoms with Crippen LogP contribution in [0.3, 0.4) is 0 Å². The zero-order chi connectivity index (χ0) is 12.7. The summed E-state index contributed by atoms with van der Waals surface area (Å²) in [7, 11) is 0. The predicted molar refractivity (Wildman–Crippen MR) is 78.0 cm³/mol. The van der Waals surface area contributed by atoms with Gasteiger partial charge in [0.1, 0.15) is 0 Å². The zero-order valence-corrected chi connectivity index (χ0v) is 12.2. The van der Waals surface area contributed by atoms with Gasteiger partial charge in [-0.25, -0.2) is 0 Å². The number of halogens is 1. The smallest absolute Gasteiger partial charge is 0.0411 e. The fourth-order valence-electron chi connectivity index (χ4n) is 2.47. The fourth-order valence-corrected chi connectivity index (χ4v) is 2.77. The van der Waals surface area contributed by atoms with Crippen molar-refractivity contribution in [3.63, 3.8) is 0 Å². The van der Waals surface area contributed by atoms with Gasteiger partial charge < -0.3 is 0 Å². The third-order valence-corrected chi connectivity index (χ3v) is 3.55. The molecule has 0 fully saturated rings. The molecular formula is C16H25Cl. The van der Waals surface area contributed by atoms with E-state index in [0.717, 1.165) is 5.02 Å². The van der Waals surface area contributed by atoms with E-state index < -0.39 is 0 Å². The average molecular weight is 253 g/mol. The molecule has 0 amide bonds. The molecule has 0 nitrogen and oxygen atoms in total. The van der Waals surface area contributed by atoms with Gasteiger partial charge in [-0.2, -0.15) is 0 Å². The van der Waals surface area contributed by atoms with Crippen molar-refractivity contribution in [3.8, 4) is 0 Å². The molecule has 0 spiro atoms. The Balaban J connectivity index is 2.73. The van der Waals surface area contributed by atoms with Crippen molar-refractivity contribution in [1.82, 2.24) is 0 Å². The Hall–Kier alpha value is -0.490. The van der Waals surface area contributed by atoms with Crippen molar-refractivity contribution < 1.29 is 0 Å². The molecule has 1 heteroatoms. The Labute approximate surface area is 111 Å². The van der Waals surface area contributed by atoms with Crippen molar-refractivity contribution in [2.45, 2.75) is 65.2 Å². The summed E-state index contributed by atoms with van der Waals surface area (Å²) in [5.41, 5.74) is 2.72. The summed E-state index contributed by atoms with van der Waals surface area (Å²) in [6.07, 6.45) is 7.83. The topological polar surface area (TPSA) is 0 Å². The lowest BCUT2D eigenvalue weighted by molar-refractivity contribution is 0.529. The highest BCUT2D eigenvalue weighted by molar-refractivity contribution is 6.30. The van der Waals surface area contributed by atoms with Crippen LogP contribution in [0.5, 0.6) is 0 Å². The van der Waals surface area contributed by atoms with Gasteiger partial charge in [-0.3, -0.25) is 0 Å². The number of unbranched alkanes of at least 4 members (excludes halogenated alkanes) is 2. The molecule has 17 heavy (non-hydrogen) atoms. The van der Waals surface area contributed by atoms with Gasteiger partial charge in [0.25, 0.3) is 0 Å². The molecule has 0 heterocycles. The lowest BCUT2D eigenvalue weighted by atomic mass is 9.89. The van der Waals surface area contributed by atoms with Crippen LogP contribution in [0.15, 0.2) is 18.2 Å². The summed E-state index contributed by atoms with van der Waals surface area (Å²) >= 11 is 6.16. The molecule has 96 valence electrons. The summed E-state index contributed by atoms with van der Waals surface area (Å²) in [5.74, 6) is 0.698. The molecule has 1 aromatic carbocycles. The van der Waals surface area contributed by atoms with Crippen LogP contribution in [-0.2, 0) is 0 Å². The van der Waals surface area contributed by atoms with Crippen LogP contribution in [-0.4, -0.2) is 0 Å². The molecule has 0 saturated heterocycles. The maximum atomic E-state index is 6.16. The van der Waals surface area contributed by atoms with E-state index in [1.165, 1.54) is 49.7 Å². The van der Waals surface area contributed by atoms with Crippen LogP contribution in [0.4, 0.5) is 0 Å². The molecule has 1 atom stereocenters. The molecule has 1 unspecified atom stereocenters. The number of hydrogen-bond donors (Lipinski definition) is 0. The molecule has 1 aromatic rings. The molecule has 0 aromatic heterocycles. The lowest BCUT2D eigenvalue weighted by Gasteiger charge is -2.17. The van der Waals surface area contributed by atoms with Crippen LogP contribution >= 0.6 is 11.6 Å². The monoisotopic (exact) mass is 252 g/mol. The van der Waals surface area contributed by atoms with Crippen molar-refractivity contribution in [2.75, 3.05) is 0 Å². The fraction of sp³-hybridized carbons (Fsp3) is 0.625. The second-order valence-electron chi connectivity index (χ2n) is 5.04. The van der Waals surface area contributed by atoms with Crippen LogP contribution in [0, 0.1) is 6.92 Å². The van der Waals surface area contributed by atoms with Gasteiger partial charge in [0.2, 0.25) is 0 Å². The Kier molecular flexibility index (Phi) is 6.65. The zero-order valence-electron chi connectivity index (χ0n) is 11.4. The highest BCUT2D eigenvalue weighted by Crippen LogP contribution is 2.29. The van der Waals surface area contributed by atoms with Gasteiger partial charge in [0, 0.05) is 5.02 Å². The van der Waals surface area contributed by atoms with Gasteiger partial charge in [0.15, 0.2) is 0 Å². The minimum atomic E-state index is 0.698. The molecule has 1 rings (SSSR count). The number of hydrogen-bond acceptors (Lipinski definition) is 0. The van der Waals surface area contributed by atoms with E-state index in [2.05, 4.69) is 32.9 Å². The van der Waals surface area contributed by atoms with Crippen LogP contribution in [0.25, 0.3) is 0 Å². The minimum Gasteiger partial charge on any atom is -0.0843 e. The average Bonchev–Trinajstić information content (AvgIpc) is 2.27. The summed E-state index contributed by atoms with van der Waals surface area (Å²) in [6.45, 7) is 6.66. The number of aryl methyl sites for hydroxylation is 1. The molecule has 0 aliphatic heterocycles. The Bertz CT molecular complexity index is 310. The van der Waals surface area contributed by atoms with Gasteiger partial charge in [-0.05, 0) is 48.9 Å². The summed E-state index contributed by atoms with van der Waals surface area (Å²) in [6, 6.07) is 6.50. The summed E-state index contributed by atoms with van der Waals surface area (Å²) < 4.78 is 0. The van der Waals surface area contributed by atoms with Crippen LogP contribution in [0.2, 0.25) is 5.02 Å². The SMILES string of the molecule is CCCCCC(CCC)c1cc(C)cc(Cl)c1. The molecule has 0 radical (unpaired) electrons. The highest BCUT2D eigenvalue weighted by Gasteiger charge is 2.11. The van der Waals surface area contributed by atoms with Gasteiger partial charge in [-0.15, -0.1) is 0 Å². The Morgan fingerprint density at radius 1 is 1.00 bits per heavy atom. The second-order valence-corrected chi connectivity index (χ2v) is 5.48. The Morgan fingerprint density at radius 2 is 1.76 bits per heavy atom. The van der Waals surface area contributed by atoms with Gasteiger partial charge in [0.05, 0.1) is 0 Å². The van der Waals surface area contributed by atoms with E-state index in [1.54, 1.807) is 0 Å².